The molecule has 1 aromatic rings. The van der Waals surface area contributed by atoms with Crippen molar-refractivity contribution in [3.05, 3.63) is 101 Å². The molecular weight excluding hydrogens is 506 g/mol. The van der Waals surface area contributed by atoms with Gasteiger partial charge in [-0.1, -0.05) is 19.2 Å². The average molecular weight is 526 g/mol. The number of hydrazone groups is 1. The Bertz CT molecular complexity index is 1120. The first kappa shape index (κ1) is 25.8. The number of halogens is 5. The minimum Gasteiger partial charge on any atom is -0.345 e. The van der Waals surface area contributed by atoms with Gasteiger partial charge in [0.15, 0.2) is 0 Å². The Labute approximate surface area is 196 Å². The molecule has 0 spiro atoms. The summed E-state index contributed by atoms with van der Waals surface area (Å²) in [5.41, 5.74) is 1.58. The van der Waals surface area contributed by atoms with Crippen molar-refractivity contribution >= 4 is 27.5 Å². The van der Waals surface area contributed by atoms with Crippen LogP contribution in [0.2, 0.25) is 0 Å². The van der Waals surface area contributed by atoms with Gasteiger partial charge in [-0.05, 0) is 48.0 Å². The summed E-state index contributed by atoms with van der Waals surface area (Å²) in [6, 6.07) is 1.18. The van der Waals surface area contributed by atoms with Crippen LogP contribution in [-0.2, 0) is 11.3 Å². The second-order valence-corrected chi connectivity index (χ2v) is 7.59. The maximum absolute atomic E-state index is 14.3. The number of aromatic nitrogens is 1. The number of hydrogen-bond acceptors (Lipinski definition) is 5. The number of rotatable bonds is 8. The first-order chi connectivity index (χ1) is 15.5. The van der Waals surface area contributed by atoms with Gasteiger partial charge in [0.2, 0.25) is 0 Å². The fourth-order valence-electron chi connectivity index (χ4n) is 2.68. The van der Waals surface area contributed by atoms with E-state index in [2.05, 4.69) is 44.7 Å². The van der Waals surface area contributed by atoms with Crippen molar-refractivity contribution in [2.24, 2.45) is 5.10 Å². The molecular formula is C22H20BrF4N5O. The van der Waals surface area contributed by atoms with Gasteiger partial charge < -0.3 is 4.90 Å². The van der Waals surface area contributed by atoms with E-state index in [-0.39, 0.29) is 29.2 Å². The Morgan fingerprint density at radius 1 is 1.30 bits per heavy atom. The van der Waals surface area contributed by atoms with Crippen LogP contribution in [0.1, 0.15) is 19.5 Å². The highest BCUT2D eigenvalue weighted by Crippen LogP contribution is 2.22. The Balaban J connectivity index is 2.60. The molecule has 0 radical (unpaired) electrons. The van der Waals surface area contributed by atoms with E-state index in [1.807, 2.05) is 0 Å². The smallest absolute Gasteiger partial charge is 0.282 e. The van der Waals surface area contributed by atoms with Crippen molar-refractivity contribution in [3.8, 4) is 0 Å². The summed E-state index contributed by atoms with van der Waals surface area (Å²) in [7, 11) is 0. The van der Waals surface area contributed by atoms with Crippen LogP contribution in [0.3, 0.4) is 0 Å². The molecule has 0 aromatic carbocycles. The topological polar surface area (TPSA) is 60.8 Å². The van der Waals surface area contributed by atoms with Gasteiger partial charge in [0.25, 0.3) is 5.91 Å². The molecule has 1 N–H and O–H groups in total. The van der Waals surface area contributed by atoms with Crippen molar-refractivity contribution in [2.75, 3.05) is 0 Å². The fraction of sp³-hybridized carbons (Fsp3) is 0.136. The standard InChI is InChI=1S/C22H20BrF4N5O/c1-5-6-21(15(4)26)32-22(33)17(19(29-30-32)7-13(2)24)11-31(10-14(3)25)12-20-18(27)8-16(23)9-28-20/h5-11,30H,1,4,12H2,2-3H3/b13-7-,14-10-,17-11+,21-6+. The molecule has 2 heterocycles. The Hall–Kier alpha value is -3.47. The lowest BCUT2D eigenvalue weighted by atomic mass is 10.1. The SMILES string of the molecule is C=C/C=C(\C(=C)F)N1NN=C(/C=C(/C)F)/C(=C\N(/C=C(/C)F)Cc2ncc(Br)cc2F)C1=O. The van der Waals surface area contributed by atoms with Crippen LogP contribution in [0.25, 0.3) is 0 Å². The van der Waals surface area contributed by atoms with Gasteiger partial charge in [0, 0.05) is 23.1 Å². The van der Waals surface area contributed by atoms with Crippen molar-refractivity contribution in [3.63, 3.8) is 0 Å². The molecule has 0 unspecified atom stereocenters. The molecule has 1 amide bonds. The molecule has 2 rings (SSSR count). The third-order valence-electron chi connectivity index (χ3n) is 3.97. The molecule has 1 aromatic heterocycles. The van der Waals surface area contributed by atoms with Crippen LogP contribution in [-0.4, -0.2) is 26.5 Å². The minimum absolute atomic E-state index is 0.0501. The van der Waals surface area contributed by atoms with Crippen LogP contribution in [0.15, 0.2) is 94.4 Å². The van der Waals surface area contributed by atoms with Gasteiger partial charge >= 0.3 is 0 Å². The zero-order valence-corrected chi connectivity index (χ0v) is 19.3. The lowest BCUT2D eigenvalue weighted by molar-refractivity contribution is -0.127. The first-order valence-corrected chi connectivity index (χ1v) is 10.1. The summed E-state index contributed by atoms with van der Waals surface area (Å²) < 4.78 is 56.0. The Kier molecular flexibility index (Phi) is 8.92. The maximum atomic E-state index is 14.3. The fourth-order valence-corrected chi connectivity index (χ4v) is 2.98. The summed E-state index contributed by atoms with van der Waals surface area (Å²) in [6.45, 7) is 8.63. The van der Waals surface area contributed by atoms with E-state index in [1.165, 1.54) is 24.4 Å². The molecule has 6 nitrogen and oxygen atoms in total. The third kappa shape index (κ3) is 7.01. The number of carbonyl (C=O) groups excluding carboxylic acids is 1. The molecule has 1 aliphatic heterocycles. The van der Waals surface area contributed by atoms with Gasteiger partial charge in [-0.15, -0.1) is 0 Å². The molecule has 11 heteroatoms. The Morgan fingerprint density at radius 2 is 2.00 bits per heavy atom. The molecule has 174 valence electrons. The molecule has 0 saturated heterocycles. The third-order valence-corrected chi connectivity index (χ3v) is 4.40. The number of nitrogens with zero attached hydrogens (tertiary/aromatic N) is 4. The zero-order chi connectivity index (χ0) is 24.7. The van der Waals surface area contributed by atoms with Crippen LogP contribution in [0, 0.1) is 5.82 Å². The second-order valence-electron chi connectivity index (χ2n) is 6.67. The van der Waals surface area contributed by atoms with E-state index in [0.717, 1.165) is 42.2 Å². The van der Waals surface area contributed by atoms with E-state index < -0.39 is 29.2 Å². The van der Waals surface area contributed by atoms with Gasteiger partial charge in [-0.25, -0.2) is 28.1 Å². The van der Waals surface area contributed by atoms with Crippen LogP contribution in [0.5, 0.6) is 0 Å². The number of allylic oxidation sites excluding steroid dienone is 6. The van der Waals surface area contributed by atoms with Gasteiger partial charge in [-0.2, -0.15) is 5.10 Å². The Morgan fingerprint density at radius 3 is 2.55 bits per heavy atom. The van der Waals surface area contributed by atoms with E-state index >= 15 is 0 Å². The molecule has 0 fully saturated rings. The van der Waals surface area contributed by atoms with Crippen LogP contribution in [0.4, 0.5) is 17.6 Å². The lowest BCUT2D eigenvalue weighted by Crippen LogP contribution is -2.46. The van der Waals surface area contributed by atoms with Crippen LogP contribution < -0.4 is 5.53 Å². The first-order valence-electron chi connectivity index (χ1n) is 9.34. The summed E-state index contributed by atoms with van der Waals surface area (Å²) in [5, 5.41) is 4.63. The van der Waals surface area contributed by atoms with Gasteiger partial charge in [0.1, 0.15) is 28.9 Å². The number of carbonyl (C=O) groups is 1. The van der Waals surface area contributed by atoms with Crippen molar-refractivity contribution in [2.45, 2.75) is 20.4 Å². The number of nitrogens with one attached hydrogen (secondary N) is 1. The number of amides is 1. The number of pyridine rings is 1. The zero-order valence-electron chi connectivity index (χ0n) is 17.7. The minimum atomic E-state index is -0.969. The second kappa shape index (κ2) is 11.4. The highest BCUT2D eigenvalue weighted by atomic mass is 79.9. The van der Waals surface area contributed by atoms with E-state index in [0.29, 0.717) is 4.47 Å². The van der Waals surface area contributed by atoms with E-state index in [1.54, 1.807) is 0 Å². The highest BCUT2D eigenvalue weighted by molar-refractivity contribution is 9.10. The molecule has 0 bridgehead atoms. The van der Waals surface area contributed by atoms with Crippen molar-refractivity contribution in [1.82, 2.24) is 20.4 Å². The predicted molar refractivity (Wildman–Crippen MR) is 121 cm³/mol. The maximum Gasteiger partial charge on any atom is 0.282 e. The summed E-state index contributed by atoms with van der Waals surface area (Å²) in [6.07, 6.45) is 6.84. The van der Waals surface area contributed by atoms with E-state index in [4.69, 9.17) is 0 Å². The van der Waals surface area contributed by atoms with E-state index in [9.17, 15) is 22.4 Å². The normalized spacial score (nSPS) is 16.5. The molecule has 0 atom stereocenters. The lowest BCUT2D eigenvalue weighted by Gasteiger charge is -2.29. The molecule has 33 heavy (non-hydrogen) atoms. The number of hydrogen-bond donors (Lipinski definition) is 1. The van der Waals surface area contributed by atoms with Gasteiger partial charge in [0.05, 0.1) is 23.6 Å². The molecule has 0 aliphatic carbocycles. The highest BCUT2D eigenvalue weighted by Gasteiger charge is 2.30. The molecule has 0 saturated carbocycles. The summed E-state index contributed by atoms with van der Waals surface area (Å²) in [4.78, 5) is 18.3. The van der Waals surface area contributed by atoms with Crippen molar-refractivity contribution in [1.29, 1.82) is 0 Å². The summed E-state index contributed by atoms with van der Waals surface area (Å²) in [5.74, 6) is -3.84. The van der Waals surface area contributed by atoms with Gasteiger partial charge in [-0.3, -0.25) is 9.78 Å². The average Bonchev–Trinajstić information content (AvgIpc) is 2.70. The van der Waals surface area contributed by atoms with Crippen molar-refractivity contribution < 1.29 is 22.4 Å². The number of hydrazine groups is 1. The summed E-state index contributed by atoms with van der Waals surface area (Å²) >= 11 is 3.10. The quantitative estimate of drug-likeness (QED) is 0.271. The predicted octanol–water partition coefficient (Wildman–Crippen LogP) is 5.63. The largest absolute Gasteiger partial charge is 0.345 e. The molecule has 1 aliphatic rings. The monoisotopic (exact) mass is 525 g/mol. The van der Waals surface area contributed by atoms with Crippen LogP contribution >= 0.6 is 15.9 Å².